The molecule has 4 aromatic rings. The first-order chi connectivity index (χ1) is 22.8. The van der Waals surface area contributed by atoms with E-state index in [0.29, 0.717) is 5.92 Å². The van der Waals surface area contributed by atoms with E-state index in [2.05, 4.69) is 167 Å². The first kappa shape index (κ1) is 42.1. The SMILES string of the molecule is CC1=[C]([Zr](=[CH]c2ccc(Cl)cc2)(=[CH]c2ccc(Cl)cc2)[c]2c(C(C)(C)C)ccc3c2Cc2cc(C(C)(C)C)ccc2-3)C(C)C=C1[Si](C)(C)C.Cl.Cl. The van der Waals surface area contributed by atoms with E-state index in [9.17, 15) is 0 Å². The summed E-state index contributed by atoms with van der Waals surface area (Å²) in [7, 11) is -1.62. The van der Waals surface area contributed by atoms with Crippen LogP contribution in [0.3, 0.4) is 0 Å². The summed E-state index contributed by atoms with van der Waals surface area (Å²) in [6.07, 6.45) is 3.60. The molecule has 6 rings (SSSR count). The summed E-state index contributed by atoms with van der Waals surface area (Å²) in [4.78, 5) is 0. The molecule has 0 spiro atoms. The molecule has 2 aliphatic carbocycles. The maximum atomic E-state index is 6.52. The van der Waals surface area contributed by atoms with Gasteiger partial charge in [-0.05, 0) is 0 Å². The molecule has 1 unspecified atom stereocenters. The molecular formula is C45H54Cl4SiZr. The average Bonchev–Trinajstić information content (AvgIpc) is 3.53. The van der Waals surface area contributed by atoms with Crippen molar-refractivity contribution < 1.29 is 19.3 Å². The third-order valence-electron chi connectivity index (χ3n) is 10.6. The van der Waals surface area contributed by atoms with Crippen molar-refractivity contribution >= 4 is 66.8 Å². The maximum absolute atomic E-state index is 6.52. The van der Waals surface area contributed by atoms with Crippen LogP contribution >= 0.6 is 48.0 Å². The molecule has 0 saturated carbocycles. The van der Waals surface area contributed by atoms with Crippen LogP contribution in [0.5, 0.6) is 0 Å². The van der Waals surface area contributed by atoms with Crippen LogP contribution in [0.1, 0.15) is 88.8 Å². The Bertz CT molecular complexity index is 2080. The molecule has 4 aromatic carbocycles. The fourth-order valence-corrected chi connectivity index (χ4v) is 24.8. The van der Waals surface area contributed by atoms with Crippen molar-refractivity contribution in [1.29, 1.82) is 0 Å². The van der Waals surface area contributed by atoms with Crippen molar-refractivity contribution in [2.75, 3.05) is 0 Å². The minimum atomic E-state index is -4.08. The van der Waals surface area contributed by atoms with E-state index in [1.54, 1.807) is 17.3 Å². The Hall–Kier alpha value is -1.64. The Morgan fingerprint density at radius 2 is 1.22 bits per heavy atom. The number of benzene rings is 4. The van der Waals surface area contributed by atoms with Gasteiger partial charge in [0.2, 0.25) is 0 Å². The minimum absolute atomic E-state index is 0. The largest absolute Gasteiger partial charge is 0.147 e. The molecule has 0 bridgehead atoms. The van der Waals surface area contributed by atoms with Gasteiger partial charge in [-0.3, -0.25) is 0 Å². The third-order valence-corrected chi connectivity index (χ3v) is 24.8. The van der Waals surface area contributed by atoms with Crippen LogP contribution in [0.2, 0.25) is 29.7 Å². The van der Waals surface area contributed by atoms with Crippen molar-refractivity contribution in [2.24, 2.45) is 5.92 Å². The Morgan fingerprint density at radius 1 is 0.706 bits per heavy atom. The fourth-order valence-electron chi connectivity index (χ4n) is 8.41. The zero-order valence-electron chi connectivity index (χ0n) is 32.1. The normalized spacial score (nSPS) is 15.5. The van der Waals surface area contributed by atoms with Gasteiger partial charge in [0, 0.05) is 0 Å². The zero-order chi connectivity index (χ0) is 35.7. The average molecular weight is 856 g/mol. The molecule has 2 aliphatic rings. The maximum Gasteiger partial charge on any atom is -0.147 e. The second-order valence-corrected chi connectivity index (χ2v) is 31.6. The zero-order valence-corrected chi connectivity index (χ0v) is 38.7. The fraction of sp³-hybridized carbons (Fsp3) is 0.333. The number of rotatable bonds is 5. The van der Waals surface area contributed by atoms with Crippen LogP contribution in [0.15, 0.2) is 99.0 Å². The summed E-state index contributed by atoms with van der Waals surface area (Å²) < 4.78 is 8.82. The Labute approximate surface area is 335 Å². The summed E-state index contributed by atoms with van der Waals surface area (Å²) in [5.74, 6) is 0.351. The van der Waals surface area contributed by atoms with Crippen molar-refractivity contribution in [3.05, 3.63) is 142 Å². The monoisotopic (exact) mass is 852 g/mol. The first-order valence-electron chi connectivity index (χ1n) is 17.8. The van der Waals surface area contributed by atoms with Gasteiger partial charge in [0.1, 0.15) is 0 Å². The molecule has 270 valence electrons. The third kappa shape index (κ3) is 8.23. The molecule has 0 aromatic heterocycles. The molecule has 0 nitrogen and oxygen atoms in total. The molecular weight excluding hydrogens is 802 g/mol. The predicted octanol–water partition coefficient (Wildman–Crippen LogP) is 13.2. The molecule has 0 fully saturated rings. The van der Waals surface area contributed by atoms with Crippen molar-refractivity contribution in [3.63, 3.8) is 0 Å². The van der Waals surface area contributed by atoms with E-state index >= 15 is 0 Å². The van der Waals surface area contributed by atoms with Gasteiger partial charge < -0.3 is 0 Å². The van der Waals surface area contributed by atoms with Gasteiger partial charge in [0.25, 0.3) is 0 Å². The van der Waals surface area contributed by atoms with Crippen LogP contribution in [-0.2, 0) is 36.5 Å². The van der Waals surface area contributed by atoms with Crippen LogP contribution < -0.4 is 3.27 Å². The second-order valence-electron chi connectivity index (χ2n) is 17.5. The van der Waals surface area contributed by atoms with Crippen LogP contribution in [-0.4, -0.2) is 15.5 Å². The molecule has 0 aliphatic heterocycles. The summed E-state index contributed by atoms with van der Waals surface area (Å²) in [6.45, 7) is 26.6. The number of allylic oxidation sites excluding steroid dienone is 4. The van der Waals surface area contributed by atoms with Crippen LogP contribution in [0.4, 0.5) is 0 Å². The second kappa shape index (κ2) is 15.2. The van der Waals surface area contributed by atoms with Gasteiger partial charge in [0.05, 0.1) is 0 Å². The van der Waals surface area contributed by atoms with E-state index in [4.69, 9.17) is 23.2 Å². The van der Waals surface area contributed by atoms with Gasteiger partial charge in [-0.1, -0.05) is 0 Å². The molecule has 0 N–H and O–H groups in total. The van der Waals surface area contributed by atoms with Crippen LogP contribution in [0.25, 0.3) is 11.1 Å². The standard InChI is InChI=1S/C21H25.C10H17Si.2C7H5Cl.2ClH.Zr/c1-20(2,3)16-7-9-18-14(12-16)11-15-13-17(21(4,5)6)8-10-19(15)18;1-8-6-9(2)10(7-8)11(3,4)5;2*1-6-2-4-7(8)5-3-6;;;/h7-10,12H,11H2,1-6H3;7-8H,1-5H3;2*1-5H;2*1H;. The quantitative estimate of drug-likeness (QED) is 0.155. The predicted molar refractivity (Wildman–Crippen MR) is 233 cm³/mol. The summed E-state index contributed by atoms with van der Waals surface area (Å²) >= 11 is 8.95. The van der Waals surface area contributed by atoms with Crippen LogP contribution in [0, 0.1) is 5.92 Å². The Morgan fingerprint density at radius 3 is 1.67 bits per heavy atom. The van der Waals surface area contributed by atoms with Gasteiger partial charge in [-0.2, -0.15) is 0 Å². The molecule has 51 heavy (non-hydrogen) atoms. The van der Waals surface area contributed by atoms with Gasteiger partial charge in [-0.15, -0.1) is 24.8 Å². The van der Waals surface area contributed by atoms with E-state index in [1.807, 2.05) is 0 Å². The molecule has 0 amide bonds. The molecule has 6 heteroatoms. The van der Waals surface area contributed by atoms with Gasteiger partial charge in [-0.25, -0.2) is 0 Å². The number of hydrogen-bond acceptors (Lipinski definition) is 0. The molecule has 0 radical (unpaired) electrons. The van der Waals surface area contributed by atoms with E-state index in [1.165, 1.54) is 44.5 Å². The number of halogens is 4. The van der Waals surface area contributed by atoms with Gasteiger partial charge >= 0.3 is 313 Å². The topological polar surface area (TPSA) is 0 Å². The van der Waals surface area contributed by atoms with E-state index < -0.39 is 27.4 Å². The molecule has 0 heterocycles. The number of hydrogen-bond donors (Lipinski definition) is 0. The summed E-state index contributed by atoms with van der Waals surface area (Å²) in [5.41, 5.74) is 12.8. The van der Waals surface area contributed by atoms with Crippen molar-refractivity contribution in [3.8, 4) is 11.1 Å². The molecule has 0 saturated heterocycles. The van der Waals surface area contributed by atoms with E-state index in [-0.39, 0.29) is 35.6 Å². The van der Waals surface area contributed by atoms with Gasteiger partial charge in [0.15, 0.2) is 0 Å². The minimum Gasteiger partial charge on any atom is -0.147 e. The van der Waals surface area contributed by atoms with E-state index in [0.717, 1.165) is 16.5 Å². The summed E-state index contributed by atoms with van der Waals surface area (Å²) in [5, 5.41) is 3.16. The number of fused-ring (bicyclic) bond motifs is 3. The first-order valence-corrected chi connectivity index (χ1v) is 27.3. The molecule has 1 atom stereocenters. The Kier molecular flexibility index (Phi) is 12.6. The Balaban J connectivity index is 0.00000292. The van der Waals surface area contributed by atoms with Crippen molar-refractivity contribution in [1.82, 2.24) is 0 Å². The van der Waals surface area contributed by atoms with Crippen molar-refractivity contribution in [2.45, 2.75) is 92.3 Å². The summed E-state index contributed by atoms with van der Waals surface area (Å²) in [6, 6.07) is 29.3. The smallest absolute Gasteiger partial charge is 0.147 e.